The van der Waals surface area contributed by atoms with Crippen molar-refractivity contribution in [2.45, 2.75) is 133 Å². The Morgan fingerprint density at radius 2 is 1.76 bits per heavy atom. The molecule has 9 atom stereocenters. The number of rotatable bonds is 6. The van der Waals surface area contributed by atoms with E-state index >= 15 is 0 Å². The fourth-order valence-electron chi connectivity index (χ4n) is 10.0. The van der Waals surface area contributed by atoms with Crippen LogP contribution in [0.1, 0.15) is 133 Å². The van der Waals surface area contributed by atoms with Gasteiger partial charge in [-0.05, 0) is 102 Å². The molecule has 4 aliphatic rings. The number of carbonyl (C=O) groups is 1. The maximum Gasteiger partial charge on any atom is 0.159 e. The second kappa shape index (κ2) is 9.06. The van der Waals surface area contributed by atoms with Gasteiger partial charge in [-0.2, -0.15) is 0 Å². The summed E-state index contributed by atoms with van der Waals surface area (Å²) in [6, 6.07) is 0. The zero-order valence-corrected chi connectivity index (χ0v) is 24.2. The minimum absolute atomic E-state index is 0.177. The Kier molecular flexibility index (Phi) is 7.05. The van der Waals surface area contributed by atoms with Gasteiger partial charge in [-0.3, -0.25) is 4.79 Å². The molecule has 0 N–H and O–H groups in total. The summed E-state index contributed by atoms with van der Waals surface area (Å²) < 4.78 is 0. The quantitative estimate of drug-likeness (QED) is 0.379. The van der Waals surface area contributed by atoms with Crippen LogP contribution >= 0.6 is 0 Å². The van der Waals surface area contributed by atoms with Crippen LogP contribution in [0.5, 0.6) is 0 Å². The van der Waals surface area contributed by atoms with Crippen LogP contribution < -0.4 is 0 Å². The van der Waals surface area contributed by atoms with E-state index in [0.29, 0.717) is 28.4 Å². The van der Waals surface area contributed by atoms with Crippen molar-refractivity contribution in [1.29, 1.82) is 0 Å². The Labute approximate surface area is 212 Å². The summed E-state index contributed by atoms with van der Waals surface area (Å²) in [5.74, 6) is 4.38. The van der Waals surface area contributed by atoms with Crippen LogP contribution in [0.2, 0.25) is 0 Å². The number of carbonyl (C=O) groups excluding carboxylic acids is 1. The molecule has 0 heterocycles. The Bertz CT molecular complexity index is 805. The van der Waals surface area contributed by atoms with Gasteiger partial charge in [0.15, 0.2) is 5.78 Å². The van der Waals surface area contributed by atoms with Gasteiger partial charge in [0.25, 0.3) is 0 Å². The highest BCUT2D eigenvalue weighted by Crippen LogP contribution is 2.72. The van der Waals surface area contributed by atoms with E-state index in [1.807, 2.05) is 0 Å². The van der Waals surface area contributed by atoms with E-state index in [4.69, 9.17) is 0 Å². The van der Waals surface area contributed by atoms with Crippen molar-refractivity contribution >= 4 is 5.78 Å². The third kappa shape index (κ3) is 3.98. The van der Waals surface area contributed by atoms with E-state index in [0.717, 1.165) is 24.2 Å². The Morgan fingerprint density at radius 3 is 2.44 bits per heavy atom. The predicted octanol–water partition coefficient (Wildman–Crippen LogP) is 9.65. The Morgan fingerprint density at radius 1 is 1.06 bits per heavy atom. The van der Waals surface area contributed by atoms with Gasteiger partial charge in [0, 0.05) is 5.92 Å². The molecule has 4 rings (SSSR count). The van der Waals surface area contributed by atoms with E-state index in [9.17, 15) is 4.79 Å². The lowest BCUT2D eigenvalue weighted by molar-refractivity contribution is -0.143. The minimum atomic E-state index is 0.177. The van der Waals surface area contributed by atoms with Crippen molar-refractivity contribution in [2.75, 3.05) is 0 Å². The third-order valence-electron chi connectivity index (χ3n) is 12.9. The molecule has 0 bridgehead atoms. The first-order chi connectivity index (χ1) is 15.8. The smallest absolute Gasteiger partial charge is 0.159 e. The van der Waals surface area contributed by atoms with Crippen molar-refractivity contribution in [3.8, 4) is 0 Å². The van der Waals surface area contributed by atoms with Crippen LogP contribution in [0.15, 0.2) is 11.6 Å². The lowest BCUT2D eigenvalue weighted by Crippen LogP contribution is -2.60. The number of ketones is 1. The molecule has 1 heteroatoms. The monoisotopic (exact) mass is 468 g/mol. The summed E-state index contributed by atoms with van der Waals surface area (Å²) in [6.45, 7) is 22.5. The van der Waals surface area contributed by atoms with Gasteiger partial charge in [-0.25, -0.2) is 0 Å². The second-order valence-corrected chi connectivity index (χ2v) is 15.1. The minimum Gasteiger partial charge on any atom is -0.295 e. The van der Waals surface area contributed by atoms with Crippen LogP contribution in [0.25, 0.3) is 0 Å². The largest absolute Gasteiger partial charge is 0.295 e. The molecule has 3 saturated carbocycles. The van der Waals surface area contributed by atoms with Crippen LogP contribution in [0.4, 0.5) is 0 Å². The zero-order valence-electron chi connectivity index (χ0n) is 24.2. The van der Waals surface area contributed by atoms with Crippen molar-refractivity contribution in [2.24, 2.45) is 57.2 Å². The van der Waals surface area contributed by atoms with Gasteiger partial charge >= 0.3 is 0 Å². The van der Waals surface area contributed by atoms with Crippen molar-refractivity contribution in [3.63, 3.8) is 0 Å². The fourth-order valence-corrected chi connectivity index (χ4v) is 10.0. The zero-order chi connectivity index (χ0) is 25.1. The van der Waals surface area contributed by atoms with Gasteiger partial charge in [0.1, 0.15) is 0 Å². The number of allylic oxidation sites excluding steroid dienone is 2. The number of hydrogen-bond acceptors (Lipinski definition) is 1. The maximum atomic E-state index is 13.7. The van der Waals surface area contributed by atoms with Crippen molar-refractivity contribution in [3.05, 3.63) is 11.6 Å². The molecular weight excluding hydrogens is 412 g/mol. The second-order valence-electron chi connectivity index (χ2n) is 15.1. The molecule has 1 nitrogen and oxygen atoms in total. The van der Waals surface area contributed by atoms with Crippen molar-refractivity contribution in [1.82, 2.24) is 0 Å². The van der Waals surface area contributed by atoms with E-state index in [-0.39, 0.29) is 16.7 Å². The summed E-state index contributed by atoms with van der Waals surface area (Å²) >= 11 is 0. The molecule has 34 heavy (non-hydrogen) atoms. The van der Waals surface area contributed by atoms with Gasteiger partial charge in [-0.15, -0.1) is 0 Å². The molecule has 3 fully saturated rings. The molecule has 0 aromatic carbocycles. The van der Waals surface area contributed by atoms with Crippen LogP contribution in [0.3, 0.4) is 0 Å². The van der Waals surface area contributed by atoms with Crippen molar-refractivity contribution < 1.29 is 4.79 Å². The topological polar surface area (TPSA) is 17.1 Å². The molecule has 0 aromatic heterocycles. The molecule has 0 aliphatic heterocycles. The Hall–Kier alpha value is -0.590. The first-order valence-corrected chi connectivity index (χ1v) is 15.1. The molecule has 0 amide bonds. The Balaban J connectivity index is 1.65. The molecule has 0 saturated heterocycles. The highest BCUT2D eigenvalue weighted by molar-refractivity contribution is 5.94. The normalized spacial score (nSPS) is 45.6. The van der Waals surface area contributed by atoms with E-state index < -0.39 is 0 Å². The van der Waals surface area contributed by atoms with Gasteiger partial charge < -0.3 is 0 Å². The van der Waals surface area contributed by atoms with E-state index in [1.165, 1.54) is 64.2 Å². The lowest BCUT2D eigenvalue weighted by atomic mass is 9.37. The average molecular weight is 469 g/mol. The van der Waals surface area contributed by atoms with E-state index in [2.05, 4.69) is 68.4 Å². The van der Waals surface area contributed by atoms with Gasteiger partial charge in [-0.1, -0.05) is 93.6 Å². The predicted molar refractivity (Wildman–Crippen MR) is 146 cm³/mol. The highest BCUT2D eigenvalue weighted by Gasteiger charge is 2.64. The summed E-state index contributed by atoms with van der Waals surface area (Å²) in [5, 5.41) is 0. The summed E-state index contributed by atoms with van der Waals surface area (Å²) in [6.07, 6.45) is 16.6. The average Bonchev–Trinajstić information content (AvgIpc) is 2.75. The fraction of sp³-hybridized carbons (Fsp3) is 0.909. The SMILES string of the molecule is CCC(C)CCCC(C)(C)[C@H]1CCC[C@@]2(C)C3=CC(=O)[C@@H]4C[C@@H](C)[C@@H](C)C[C@]4(C)C3CC[C@]12C. The first-order valence-electron chi connectivity index (χ1n) is 15.1. The van der Waals surface area contributed by atoms with Gasteiger partial charge in [0.05, 0.1) is 0 Å². The van der Waals surface area contributed by atoms with Crippen LogP contribution in [-0.4, -0.2) is 5.78 Å². The summed E-state index contributed by atoms with van der Waals surface area (Å²) in [7, 11) is 0. The highest BCUT2D eigenvalue weighted by atomic mass is 16.1. The molecule has 0 spiro atoms. The third-order valence-corrected chi connectivity index (χ3v) is 12.9. The molecule has 194 valence electrons. The lowest BCUT2D eigenvalue weighted by Gasteiger charge is -2.67. The maximum absolute atomic E-state index is 13.7. The van der Waals surface area contributed by atoms with Crippen LogP contribution in [0, 0.1) is 57.2 Å². The number of fused-ring (bicyclic) bond motifs is 5. The molecule has 4 aliphatic carbocycles. The molecular formula is C33H56O. The summed E-state index contributed by atoms with van der Waals surface area (Å²) in [4.78, 5) is 13.7. The number of hydrogen-bond donors (Lipinski definition) is 0. The molecule has 0 radical (unpaired) electrons. The van der Waals surface area contributed by atoms with Gasteiger partial charge in [0.2, 0.25) is 0 Å². The summed E-state index contributed by atoms with van der Waals surface area (Å²) in [5.41, 5.74) is 2.63. The standard InChI is InChI=1S/C33H56O/c1-10-22(2)13-11-16-30(5,6)29-14-12-17-32(8)26-20-28(34)27-19-23(3)24(4)21-31(27,7)25(26)15-18-33(29,32)9/h20,22-25,27,29H,10-19,21H2,1-9H3/t22?,23-,24+,25?,27+,29-,31-,32+,33-/m1/s1. The molecule has 0 aromatic rings. The van der Waals surface area contributed by atoms with Crippen LogP contribution in [-0.2, 0) is 4.79 Å². The molecule has 2 unspecified atom stereocenters. The first kappa shape index (κ1) is 26.5. The van der Waals surface area contributed by atoms with E-state index in [1.54, 1.807) is 5.57 Å².